The number of benzene rings is 2. The summed E-state index contributed by atoms with van der Waals surface area (Å²) in [4.78, 5) is 12.4. The van der Waals surface area contributed by atoms with Crippen LogP contribution in [0.5, 0.6) is 0 Å². The number of allylic oxidation sites excluding steroid dienone is 1. The molecule has 2 aromatic carbocycles. The normalized spacial score (nSPS) is 10.8. The lowest BCUT2D eigenvalue weighted by Crippen LogP contribution is -2.15. The lowest BCUT2D eigenvalue weighted by molar-refractivity contribution is -0.113. The molecular formula is C21H20Cl2N4OS. The maximum atomic E-state index is 12.4. The van der Waals surface area contributed by atoms with Crippen LogP contribution in [0.25, 0.3) is 11.4 Å². The average molecular weight is 447 g/mol. The van der Waals surface area contributed by atoms with Gasteiger partial charge in [0.1, 0.15) is 0 Å². The number of thioether (sulfide) groups is 1. The zero-order valence-corrected chi connectivity index (χ0v) is 18.4. The summed E-state index contributed by atoms with van der Waals surface area (Å²) >= 11 is 13.6. The van der Waals surface area contributed by atoms with Gasteiger partial charge in [-0.25, -0.2) is 0 Å². The van der Waals surface area contributed by atoms with Gasteiger partial charge in [-0.3, -0.25) is 9.36 Å². The molecule has 8 heteroatoms. The fourth-order valence-electron chi connectivity index (χ4n) is 2.93. The number of hydrogen-bond acceptors (Lipinski definition) is 4. The summed E-state index contributed by atoms with van der Waals surface area (Å²) in [6.45, 7) is 8.28. The van der Waals surface area contributed by atoms with E-state index >= 15 is 0 Å². The molecule has 0 spiro atoms. The van der Waals surface area contributed by atoms with Crippen LogP contribution in [0.4, 0.5) is 5.69 Å². The minimum absolute atomic E-state index is 0.112. The highest BCUT2D eigenvalue weighted by Gasteiger charge is 2.17. The number of nitrogens with zero attached hydrogens (tertiary/aromatic N) is 3. The Balaban J connectivity index is 1.76. The average Bonchev–Trinajstić information content (AvgIpc) is 3.02. The number of anilines is 1. The van der Waals surface area contributed by atoms with E-state index in [0.717, 1.165) is 22.4 Å². The number of aryl methyl sites for hydroxylation is 2. The van der Waals surface area contributed by atoms with Gasteiger partial charge in [0.25, 0.3) is 0 Å². The zero-order chi connectivity index (χ0) is 21.0. The Morgan fingerprint density at radius 2 is 1.90 bits per heavy atom. The predicted octanol–water partition coefficient (Wildman–Crippen LogP) is 5.79. The number of rotatable bonds is 7. The molecule has 5 nitrogen and oxygen atoms in total. The summed E-state index contributed by atoms with van der Waals surface area (Å²) in [7, 11) is 0. The van der Waals surface area contributed by atoms with Gasteiger partial charge in [0.2, 0.25) is 5.91 Å². The van der Waals surface area contributed by atoms with Crippen molar-refractivity contribution in [3.05, 3.63) is 70.2 Å². The minimum atomic E-state index is -0.112. The summed E-state index contributed by atoms with van der Waals surface area (Å²) in [6, 6.07) is 11.2. The second-order valence-electron chi connectivity index (χ2n) is 6.54. The summed E-state index contributed by atoms with van der Waals surface area (Å²) in [5, 5.41) is 13.1. The predicted molar refractivity (Wildman–Crippen MR) is 121 cm³/mol. The van der Waals surface area contributed by atoms with Crippen LogP contribution < -0.4 is 5.32 Å². The Labute approximate surface area is 184 Å². The van der Waals surface area contributed by atoms with Crippen LogP contribution in [0.2, 0.25) is 10.0 Å². The van der Waals surface area contributed by atoms with Crippen molar-refractivity contribution in [2.45, 2.75) is 25.5 Å². The van der Waals surface area contributed by atoms with E-state index in [1.54, 1.807) is 24.3 Å². The molecule has 0 saturated carbocycles. The quantitative estimate of drug-likeness (QED) is 0.368. The van der Waals surface area contributed by atoms with Crippen molar-refractivity contribution in [2.24, 2.45) is 0 Å². The molecular weight excluding hydrogens is 427 g/mol. The van der Waals surface area contributed by atoms with Gasteiger partial charge >= 0.3 is 0 Å². The summed E-state index contributed by atoms with van der Waals surface area (Å²) in [6.07, 6.45) is 1.75. The summed E-state index contributed by atoms with van der Waals surface area (Å²) < 4.78 is 1.87. The number of halogens is 2. The van der Waals surface area contributed by atoms with Crippen LogP contribution in [0.3, 0.4) is 0 Å². The first-order valence-electron chi connectivity index (χ1n) is 8.88. The fourth-order valence-corrected chi connectivity index (χ4v) is 4.17. The third kappa shape index (κ3) is 5.41. The number of nitrogens with one attached hydrogen (secondary N) is 1. The van der Waals surface area contributed by atoms with Crippen molar-refractivity contribution >= 4 is 46.6 Å². The third-order valence-corrected chi connectivity index (χ3v) is 5.55. The summed E-state index contributed by atoms with van der Waals surface area (Å²) in [5.74, 6) is 0.694. The van der Waals surface area contributed by atoms with E-state index in [1.165, 1.54) is 11.8 Å². The first kappa shape index (κ1) is 21.4. The molecule has 1 N–H and O–H groups in total. The van der Waals surface area contributed by atoms with Crippen LogP contribution >= 0.6 is 35.0 Å². The van der Waals surface area contributed by atoms with Crippen LogP contribution in [-0.2, 0) is 11.3 Å². The molecule has 3 aromatic rings. The molecule has 29 heavy (non-hydrogen) atoms. The van der Waals surface area contributed by atoms with Crippen molar-refractivity contribution in [1.82, 2.24) is 14.8 Å². The van der Waals surface area contributed by atoms with E-state index < -0.39 is 0 Å². The Hall–Kier alpha value is -2.28. The Kier molecular flexibility index (Phi) is 7.00. The molecule has 0 bridgehead atoms. The van der Waals surface area contributed by atoms with Crippen molar-refractivity contribution in [1.29, 1.82) is 0 Å². The van der Waals surface area contributed by atoms with Crippen LogP contribution in [0, 0.1) is 13.8 Å². The van der Waals surface area contributed by atoms with Gasteiger partial charge in [0, 0.05) is 22.8 Å². The fraction of sp³-hybridized carbons (Fsp3) is 0.190. The molecule has 0 radical (unpaired) electrons. The van der Waals surface area contributed by atoms with E-state index in [1.807, 2.05) is 30.5 Å². The molecule has 0 aliphatic rings. The van der Waals surface area contributed by atoms with E-state index in [2.05, 4.69) is 28.2 Å². The molecule has 0 aliphatic heterocycles. The van der Waals surface area contributed by atoms with E-state index in [9.17, 15) is 4.79 Å². The van der Waals surface area contributed by atoms with Gasteiger partial charge < -0.3 is 5.32 Å². The molecule has 0 atom stereocenters. The maximum Gasteiger partial charge on any atom is 0.234 e. The van der Waals surface area contributed by atoms with E-state index in [-0.39, 0.29) is 11.7 Å². The lowest BCUT2D eigenvalue weighted by Gasteiger charge is -2.10. The molecule has 0 unspecified atom stereocenters. The zero-order valence-electron chi connectivity index (χ0n) is 16.1. The van der Waals surface area contributed by atoms with Gasteiger partial charge in [-0.2, -0.15) is 0 Å². The highest BCUT2D eigenvalue weighted by molar-refractivity contribution is 7.99. The second-order valence-corrected chi connectivity index (χ2v) is 8.33. The molecule has 0 saturated heterocycles. The van der Waals surface area contributed by atoms with Gasteiger partial charge in [-0.05, 0) is 55.3 Å². The first-order valence-corrected chi connectivity index (χ1v) is 10.6. The van der Waals surface area contributed by atoms with Crippen molar-refractivity contribution in [2.75, 3.05) is 11.1 Å². The molecule has 150 valence electrons. The second kappa shape index (κ2) is 9.48. The highest BCUT2D eigenvalue weighted by atomic mass is 35.5. The smallest absolute Gasteiger partial charge is 0.234 e. The van der Waals surface area contributed by atoms with Crippen molar-refractivity contribution in [3.63, 3.8) is 0 Å². The molecule has 1 heterocycles. The maximum absolute atomic E-state index is 12.4. The topological polar surface area (TPSA) is 59.8 Å². The lowest BCUT2D eigenvalue weighted by atomic mass is 10.1. The number of hydrogen-bond donors (Lipinski definition) is 1. The van der Waals surface area contributed by atoms with Crippen molar-refractivity contribution < 1.29 is 4.79 Å². The van der Waals surface area contributed by atoms with Crippen LogP contribution in [0.1, 0.15) is 11.1 Å². The summed E-state index contributed by atoms with van der Waals surface area (Å²) in [5.41, 5.74) is 3.71. The Morgan fingerprint density at radius 3 is 2.55 bits per heavy atom. The van der Waals surface area contributed by atoms with Gasteiger partial charge in [-0.15, -0.1) is 16.8 Å². The SMILES string of the molecule is C=CCn1c(SCC(=O)Nc2cc(C)cc(C)c2)nnc1-c1ccc(Cl)cc1Cl. The molecule has 1 amide bonds. The Morgan fingerprint density at radius 1 is 1.17 bits per heavy atom. The standard InChI is InChI=1S/C21H20Cl2N4OS/c1-4-7-27-20(17-6-5-15(22)11-18(17)23)25-26-21(27)29-12-19(28)24-16-9-13(2)8-14(3)10-16/h4-6,8-11H,1,7,12H2,2-3H3,(H,24,28). The number of amides is 1. The van der Waals surface area contributed by atoms with Crippen LogP contribution in [-0.4, -0.2) is 26.4 Å². The van der Waals surface area contributed by atoms with E-state index in [4.69, 9.17) is 23.2 Å². The first-order chi connectivity index (χ1) is 13.9. The van der Waals surface area contributed by atoms with Crippen LogP contribution in [0.15, 0.2) is 54.2 Å². The largest absolute Gasteiger partial charge is 0.325 e. The Bertz CT molecular complexity index is 1040. The molecule has 3 rings (SSSR count). The van der Waals surface area contributed by atoms with Crippen molar-refractivity contribution in [3.8, 4) is 11.4 Å². The number of carbonyl (C=O) groups is 1. The molecule has 0 fully saturated rings. The molecule has 1 aromatic heterocycles. The third-order valence-electron chi connectivity index (χ3n) is 4.04. The molecule has 0 aliphatic carbocycles. The monoisotopic (exact) mass is 446 g/mol. The number of carbonyl (C=O) groups excluding carboxylic acids is 1. The van der Waals surface area contributed by atoms with Gasteiger partial charge in [-0.1, -0.05) is 47.1 Å². The minimum Gasteiger partial charge on any atom is -0.325 e. The van der Waals surface area contributed by atoms with Gasteiger partial charge in [0.15, 0.2) is 11.0 Å². The highest BCUT2D eigenvalue weighted by Crippen LogP contribution is 2.31. The van der Waals surface area contributed by atoms with E-state index in [0.29, 0.717) is 27.6 Å². The number of aromatic nitrogens is 3. The van der Waals surface area contributed by atoms with Gasteiger partial charge in [0.05, 0.1) is 10.8 Å².